The largest absolute Gasteiger partial charge is 0.373 e. The van der Waals surface area contributed by atoms with E-state index in [1.54, 1.807) is 30.7 Å². The summed E-state index contributed by atoms with van der Waals surface area (Å²) in [5, 5.41) is 15.6. The van der Waals surface area contributed by atoms with Crippen LogP contribution < -0.4 is 15.5 Å². The molecule has 1 unspecified atom stereocenters. The number of fused-ring (bicyclic) bond motifs is 1. The molecule has 0 bridgehead atoms. The van der Waals surface area contributed by atoms with Gasteiger partial charge in [0.25, 0.3) is 0 Å². The van der Waals surface area contributed by atoms with Crippen molar-refractivity contribution < 1.29 is 4.79 Å². The highest BCUT2D eigenvalue weighted by Crippen LogP contribution is 2.36. The minimum atomic E-state index is -0.313. The van der Waals surface area contributed by atoms with Gasteiger partial charge in [-0.05, 0) is 49.3 Å². The van der Waals surface area contributed by atoms with Crippen LogP contribution in [0.5, 0.6) is 0 Å². The van der Waals surface area contributed by atoms with E-state index in [0.29, 0.717) is 34.1 Å². The second kappa shape index (κ2) is 8.75. The molecule has 0 spiro atoms. The molecule has 1 aliphatic heterocycles. The Bertz CT molecular complexity index is 1110. The van der Waals surface area contributed by atoms with Crippen molar-refractivity contribution in [1.29, 1.82) is 0 Å². The number of aromatic amines is 1. The standard InChI is InChI=1S/C22H25Cl2N7O/c1-12-4-5-31(21-17-9-27-30-20(17)25-11-26-21)10-18(12)29-22(32)19(13-2-3-13)28-16-7-14(23)6-15(24)8-16/h6-9,11-13,18-19,28H,2-5,10H2,1H3,(H,29,32)(H,25,26,27,30)/t12-,18-,19?/m0/s1. The number of carbonyl (C=O) groups excluding carboxylic acids is 1. The molecular formula is C22H25Cl2N7O. The Hall–Kier alpha value is -2.58. The third-order valence-electron chi connectivity index (χ3n) is 6.37. The first kappa shape index (κ1) is 21.3. The lowest BCUT2D eigenvalue weighted by Gasteiger charge is -2.38. The summed E-state index contributed by atoms with van der Waals surface area (Å²) < 4.78 is 0. The number of nitrogens with zero attached hydrogens (tertiary/aromatic N) is 4. The van der Waals surface area contributed by atoms with Crippen LogP contribution >= 0.6 is 23.2 Å². The van der Waals surface area contributed by atoms with E-state index in [0.717, 1.165) is 42.7 Å². The highest BCUT2D eigenvalue weighted by molar-refractivity contribution is 6.35. The van der Waals surface area contributed by atoms with Crippen LogP contribution in [0.4, 0.5) is 11.5 Å². The maximum atomic E-state index is 13.3. The van der Waals surface area contributed by atoms with Gasteiger partial charge in [0, 0.05) is 34.9 Å². The summed E-state index contributed by atoms with van der Waals surface area (Å²) in [6, 6.07) is 4.98. The number of carbonyl (C=O) groups is 1. The Morgan fingerprint density at radius 3 is 2.72 bits per heavy atom. The number of nitrogens with one attached hydrogen (secondary N) is 3. The molecule has 2 fully saturated rings. The lowest BCUT2D eigenvalue weighted by Crippen LogP contribution is -2.55. The number of anilines is 2. The van der Waals surface area contributed by atoms with E-state index in [1.807, 2.05) is 0 Å². The molecule has 3 heterocycles. The van der Waals surface area contributed by atoms with Crippen molar-refractivity contribution in [3.8, 4) is 0 Å². The van der Waals surface area contributed by atoms with Crippen LogP contribution in [-0.4, -0.2) is 51.2 Å². The van der Waals surface area contributed by atoms with Crippen LogP contribution in [0.3, 0.4) is 0 Å². The molecule has 3 atom stereocenters. The number of halogens is 2. The van der Waals surface area contributed by atoms with Crippen molar-refractivity contribution in [2.45, 2.75) is 38.3 Å². The molecule has 5 rings (SSSR count). The zero-order valence-corrected chi connectivity index (χ0v) is 19.2. The van der Waals surface area contributed by atoms with Gasteiger partial charge in [-0.25, -0.2) is 9.97 Å². The van der Waals surface area contributed by atoms with Crippen LogP contribution in [0.2, 0.25) is 10.0 Å². The lowest BCUT2D eigenvalue weighted by atomic mass is 9.92. The van der Waals surface area contributed by atoms with Crippen LogP contribution in [0.25, 0.3) is 11.0 Å². The molecule has 1 aliphatic carbocycles. The first-order valence-electron chi connectivity index (χ1n) is 10.9. The first-order chi connectivity index (χ1) is 15.5. The zero-order chi connectivity index (χ0) is 22.2. The summed E-state index contributed by atoms with van der Waals surface area (Å²) in [6.07, 6.45) is 6.32. The molecule has 1 amide bonds. The van der Waals surface area contributed by atoms with Gasteiger partial charge in [-0.3, -0.25) is 9.89 Å². The molecule has 32 heavy (non-hydrogen) atoms. The molecule has 8 nitrogen and oxygen atoms in total. The van der Waals surface area contributed by atoms with Crippen LogP contribution in [-0.2, 0) is 4.79 Å². The maximum absolute atomic E-state index is 13.3. The van der Waals surface area contributed by atoms with Crippen molar-refractivity contribution in [1.82, 2.24) is 25.5 Å². The third kappa shape index (κ3) is 4.47. The Balaban J connectivity index is 1.31. The number of amides is 1. The van der Waals surface area contributed by atoms with Gasteiger partial charge in [0.15, 0.2) is 5.65 Å². The second-order valence-electron chi connectivity index (χ2n) is 8.77. The van der Waals surface area contributed by atoms with Gasteiger partial charge in [0.1, 0.15) is 18.2 Å². The summed E-state index contributed by atoms with van der Waals surface area (Å²) in [4.78, 5) is 24.3. The van der Waals surface area contributed by atoms with Crippen molar-refractivity contribution in [2.24, 2.45) is 11.8 Å². The second-order valence-corrected chi connectivity index (χ2v) is 9.65. The van der Waals surface area contributed by atoms with Gasteiger partial charge in [-0.2, -0.15) is 5.10 Å². The van der Waals surface area contributed by atoms with Crippen molar-refractivity contribution >= 4 is 51.6 Å². The topological polar surface area (TPSA) is 98.8 Å². The fourth-order valence-corrected chi connectivity index (χ4v) is 4.90. The molecule has 10 heteroatoms. The van der Waals surface area contributed by atoms with E-state index in [2.05, 4.69) is 42.6 Å². The zero-order valence-electron chi connectivity index (χ0n) is 17.7. The van der Waals surface area contributed by atoms with Gasteiger partial charge >= 0.3 is 0 Å². The fourth-order valence-electron chi connectivity index (χ4n) is 4.37. The molecule has 1 saturated carbocycles. The van der Waals surface area contributed by atoms with Crippen LogP contribution in [0.15, 0.2) is 30.7 Å². The average molecular weight is 474 g/mol. The number of aromatic nitrogens is 4. The lowest BCUT2D eigenvalue weighted by molar-refractivity contribution is -0.123. The number of rotatable bonds is 6. The molecular weight excluding hydrogens is 449 g/mol. The van der Waals surface area contributed by atoms with Crippen molar-refractivity contribution in [3.63, 3.8) is 0 Å². The molecule has 1 aromatic carbocycles. The number of H-pyrrole nitrogens is 1. The minimum Gasteiger partial charge on any atom is -0.373 e. The van der Waals surface area contributed by atoms with E-state index < -0.39 is 0 Å². The Morgan fingerprint density at radius 1 is 1.19 bits per heavy atom. The molecule has 1 saturated heterocycles. The Kier molecular flexibility index (Phi) is 5.82. The summed E-state index contributed by atoms with van der Waals surface area (Å²) >= 11 is 12.3. The Morgan fingerprint density at radius 2 is 1.97 bits per heavy atom. The van der Waals surface area contributed by atoms with Crippen LogP contribution in [0.1, 0.15) is 26.2 Å². The number of hydrogen-bond acceptors (Lipinski definition) is 6. The number of benzene rings is 1. The predicted molar refractivity (Wildman–Crippen MR) is 126 cm³/mol. The van der Waals surface area contributed by atoms with Gasteiger partial charge in [0.2, 0.25) is 5.91 Å². The summed E-state index contributed by atoms with van der Waals surface area (Å²) in [6.45, 7) is 3.74. The highest BCUT2D eigenvalue weighted by Gasteiger charge is 2.38. The molecule has 3 aromatic rings. The fraction of sp³-hybridized carbons (Fsp3) is 0.455. The van der Waals surface area contributed by atoms with Gasteiger partial charge < -0.3 is 15.5 Å². The molecule has 2 aliphatic rings. The molecule has 2 aromatic heterocycles. The van der Waals surface area contributed by atoms with E-state index in [1.165, 1.54) is 0 Å². The highest BCUT2D eigenvalue weighted by atomic mass is 35.5. The van der Waals surface area contributed by atoms with E-state index in [-0.39, 0.29) is 18.0 Å². The number of piperidine rings is 1. The first-order valence-corrected chi connectivity index (χ1v) is 11.7. The molecule has 3 N–H and O–H groups in total. The third-order valence-corrected chi connectivity index (χ3v) is 6.81. The SMILES string of the molecule is C[C@H]1CCN(c2ncnc3[nH]ncc23)C[C@@H]1NC(=O)C(Nc1cc(Cl)cc(Cl)c1)C1CC1. The molecule has 0 radical (unpaired) electrons. The monoisotopic (exact) mass is 473 g/mol. The van der Waals surface area contributed by atoms with Crippen molar-refractivity contribution in [3.05, 3.63) is 40.8 Å². The number of hydrogen-bond donors (Lipinski definition) is 3. The quantitative estimate of drug-likeness (QED) is 0.502. The van der Waals surface area contributed by atoms with Crippen LogP contribution in [0, 0.1) is 11.8 Å². The van der Waals surface area contributed by atoms with Gasteiger partial charge in [-0.1, -0.05) is 30.1 Å². The van der Waals surface area contributed by atoms with Crippen molar-refractivity contribution in [2.75, 3.05) is 23.3 Å². The van der Waals surface area contributed by atoms with Gasteiger partial charge in [-0.15, -0.1) is 0 Å². The average Bonchev–Trinajstić information content (AvgIpc) is 3.48. The van der Waals surface area contributed by atoms with Gasteiger partial charge in [0.05, 0.1) is 11.6 Å². The Labute approximate surface area is 196 Å². The molecule has 168 valence electrons. The summed E-state index contributed by atoms with van der Waals surface area (Å²) in [7, 11) is 0. The van der Waals surface area contributed by atoms with E-state index in [4.69, 9.17) is 23.2 Å². The maximum Gasteiger partial charge on any atom is 0.243 e. The van der Waals surface area contributed by atoms with E-state index >= 15 is 0 Å². The normalized spacial score (nSPS) is 22.0. The van der Waals surface area contributed by atoms with E-state index in [9.17, 15) is 4.79 Å². The smallest absolute Gasteiger partial charge is 0.243 e. The summed E-state index contributed by atoms with van der Waals surface area (Å²) in [5.74, 6) is 1.53. The minimum absolute atomic E-state index is 0.0124. The summed E-state index contributed by atoms with van der Waals surface area (Å²) in [5.41, 5.74) is 1.48. The predicted octanol–water partition coefficient (Wildman–Crippen LogP) is 3.88.